The van der Waals surface area contributed by atoms with E-state index in [9.17, 15) is 14.7 Å². The molecule has 1 amide bonds. The van der Waals surface area contributed by atoms with Crippen LogP contribution in [0, 0.1) is 5.92 Å². The van der Waals surface area contributed by atoms with Crippen LogP contribution in [0.25, 0.3) is 0 Å². The zero-order valence-electron chi connectivity index (χ0n) is 17.8. The largest absolute Gasteiger partial charge is 0.481 e. The molecule has 0 spiro atoms. The summed E-state index contributed by atoms with van der Waals surface area (Å²) in [5.74, 6) is -0.759. The van der Waals surface area contributed by atoms with E-state index in [1.807, 2.05) is 46.0 Å². The Morgan fingerprint density at radius 1 is 1.09 bits per heavy atom. The van der Waals surface area contributed by atoms with E-state index in [1.54, 1.807) is 24.7 Å². The number of nitrogens with two attached hydrogens (primary N) is 1. The maximum absolute atomic E-state index is 12.6. The number of rotatable bonds is 7. The molecule has 0 radical (unpaired) electrons. The average molecular weight is 434 g/mol. The molecule has 0 bridgehead atoms. The van der Waals surface area contributed by atoms with Crippen molar-refractivity contribution in [2.45, 2.75) is 31.7 Å². The van der Waals surface area contributed by atoms with Crippen LogP contribution >= 0.6 is 0 Å². The summed E-state index contributed by atoms with van der Waals surface area (Å²) in [5, 5.41) is 9.72. The number of imidazole rings is 1. The minimum atomic E-state index is -0.917. The lowest BCUT2D eigenvalue weighted by molar-refractivity contribution is -0.138. The van der Waals surface area contributed by atoms with Crippen molar-refractivity contribution in [1.29, 1.82) is 0 Å². The smallest absolute Gasteiger partial charge is 0.312 e. The molecule has 8 nitrogen and oxygen atoms in total. The van der Waals surface area contributed by atoms with Crippen LogP contribution in [0.2, 0.25) is 0 Å². The van der Waals surface area contributed by atoms with E-state index in [0.29, 0.717) is 23.9 Å². The molecule has 1 atom stereocenters. The van der Waals surface area contributed by atoms with E-state index >= 15 is 0 Å². The first kappa shape index (κ1) is 21.5. The predicted molar refractivity (Wildman–Crippen MR) is 120 cm³/mol. The minimum absolute atomic E-state index is 0.0791. The summed E-state index contributed by atoms with van der Waals surface area (Å²) < 4.78 is 1.96. The molecule has 166 valence electrons. The van der Waals surface area contributed by atoms with Crippen molar-refractivity contribution >= 4 is 17.7 Å². The average Bonchev–Trinajstić information content (AvgIpc) is 3.27. The highest BCUT2D eigenvalue weighted by Crippen LogP contribution is 2.23. The lowest BCUT2D eigenvalue weighted by Crippen LogP contribution is -2.39. The quantitative estimate of drug-likeness (QED) is 0.592. The van der Waals surface area contributed by atoms with Gasteiger partial charge in [0.05, 0.1) is 12.0 Å². The number of amides is 1. The molecule has 1 saturated heterocycles. The molecule has 3 N–H and O–H groups in total. The topological polar surface area (TPSA) is 114 Å². The molecule has 4 rings (SSSR count). The number of carboxylic acids is 1. The first-order chi connectivity index (χ1) is 15.5. The number of anilines is 1. The van der Waals surface area contributed by atoms with Crippen molar-refractivity contribution in [3.05, 3.63) is 78.0 Å². The maximum atomic E-state index is 12.6. The number of likely N-dealkylation sites (tertiary alicyclic amines) is 1. The standard InChI is InChI=1S/C24H27N5O3/c25-22-7-6-18(13-26-22)12-20(24(31)32)21-15-28(16-27-21)14-17-8-10-29(11-9-17)23(30)19-4-2-1-3-5-19/h1-7,13,15-17,20H,8-12,14H2,(H2,25,26)(H,31,32). The first-order valence-electron chi connectivity index (χ1n) is 10.8. The van der Waals surface area contributed by atoms with Crippen LogP contribution in [0.3, 0.4) is 0 Å². The lowest BCUT2D eigenvalue weighted by atomic mass is 9.96. The van der Waals surface area contributed by atoms with Crippen molar-refractivity contribution in [2.24, 2.45) is 5.92 Å². The molecule has 1 aliphatic rings. The van der Waals surface area contributed by atoms with Gasteiger partial charge in [-0.15, -0.1) is 0 Å². The van der Waals surface area contributed by atoms with E-state index in [2.05, 4.69) is 9.97 Å². The van der Waals surface area contributed by atoms with Crippen molar-refractivity contribution < 1.29 is 14.7 Å². The number of aliphatic carboxylic acids is 1. The van der Waals surface area contributed by atoms with E-state index in [-0.39, 0.29) is 5.91 Å². The van der Waals surface area contributed by atoms with Gasteiger partial charge >= 0.3 is 5.97 Å². The highest BCUT2D eigenvalue weighted by molar-refractivity contribution is 5.94. The van der Waals surface area contributed by atoms with Gasteiger partial charge in [-0.25, -0.2) is 9.97 Å². The Labute approximate surface area is 186 Å². The van der Waals surface area contributed by atoms with Gasteiger partial charge in [0.15, 0.2) is 0 Å². The number of nitrogens with zero attached hydrogens (tertiary/aromatic N) is 4. The third-order valence-corrected chi connectivity index (χ3v) is 5.99. The normalized spacial score (nSPS) is 15.4. The molecule has 1 aliphatic heterocycles. The molecule has 8 heteroatoms. The number of hydrogen-bond donors (Lipinski definition) is 2. The fourth-order valence-corrected chi connectivity index (χ4v) is 4.15. The zero-order valence-corrected chi connectivity index (χ0v) is 17.8. The Kier molecular flexibility index (Phi) is 6.49. The predicted octanol–water partition coefficient (Wildman–Crippen LogP) is 2.82. The Hall–Kier alpha value is -3.68. The lowest BCUT2D eigenvalue weighted by Gasteiger charge is -2.32. The molecule has 0 aliphatic carbocycles. The number of benzene rings is 1. The van der Waals surface area contributed by atoms with Gasteiger partial charge in [0.2, 0.25) is 0 Å². The number of carbonyl (C=O) groups excluding carboxylic acids is 1. The molecule has 3 aromatic rings. The van der Waals surface area contributed by atoms with E-state index < -0.39 is 11.9 Å². The van der Waals surface area contributed by atoms with Crippen LogP contribution < -0.4 is 5.73 Å². The Bertz CT molecular complexity index is 1060. The van der Waals surface area contributed by atoms with Gasteiger partial charge in [-0.1, -0.05) is 24.3 Å². The monoisotopic (exact) mass is 433 g/mol. The Morgan fingerprint density at radius 3 is 2.50 bits per heavy atom. The summed E-state index contributed by atoms with van der Waals surface area (Å²) in [4.78, 5) is 34.8. The number of aromatic nitrogens is 3. The Morgan fingerprint density at radius 2 is 1.84 bits per heavy atom. The van der Waals surface area contributed by atoms with Gasteiger partial charge in [-0.3, -0.25) is 9.59 Å². The second-order valence-corrected chi connectivity index (χ2v) is 8.28. The van der Waals surface area contributed by atoms with Crippen LogP contribution in [0.5, 0.6) is 0 Å². The van der Waals surface area contributed by atoms with Gasteiger partial charge in [0.25, 0.3) is 5.91 Å². The third-order valence-electron chi connectivity index (χ3n) is 5.99. The number of carboxylic acid groups (broad SMARTS) is 1. The van der Waals surface area contributed by atoms with Gasteiger partial charge in [0, 0.05) is 37.6 Å². The van der Waals surface area contributed by atoms with Gasteiger partial charge in [0.1, 0.15) is 11.7 Å². The highest BCUT2D eigenvalue weighted by atomic mass is 16.4. The summed E-state index contributed by atoms with van der Waals surface area (Å²) in [6, 6.07) is 12.8. The second-order valence-electron chi connectivity index (χ2n) is 8.28. The van der Waals surface area contributed by atoms with Crippen LogP contribution in [-0.2, 0) is 17.8 Å². The zero-order chi connectivity index (χ0) is 22.5. The SMILES string of the molecule is Nc1ccc(CC(C(=O)O)c2cn(CC3CCN(C(=O)c4ccccc4)CC3)cn2)cn1. The second kappa shape index (κ2) is 9.64. The molecular weight excluding hydrogens is 406 g/mol. The molecule has 1 unspecified atom stereocenters. The molecule has 2 aromatic heterocycles. The minimum Gasteiger partial charge on any atom is -0.481 e. The van der Waals surface area contributed by atoms with Crippen LogP contribution in [0.1, 0.15) is 40.4 Å². The third kappa shape index (κ3) is 5.14. The fraction of sp³-hybridized carbons (Fsp3) is 0.333. The number of hydrogen-bond acceptors (Lipinski definition) is 5. The summed E-state index contributed by atoms with van der Waals surface area (Å²) >= 11 is 0. The van der Waals surface area contributed by atoms with E-state index in [4.69, 9.17) is 5.73 Å². The van der Waals surface area contributed by atoms with Gasteiger partial charge in [-0.2, -0.15) is 0 Å². The summed E-state index contributed by atoms with van der Waals surface area (Å²) in [7, 11) is 0. The summed E-state index contributed by atoms with van der Waals surface area (Å²) in [6.45, 7) is 2.21. The van der Waals surface area contributed by atoms with E-state index in [1.165, 1.54) is 0 Å². The van der Waals surface area contributed by atoms with Gasteiger partial charge in [-0.05, 0) is 48.9 Å². The van der Waals surface area contributed by atoms with E-state index in [0.717, 1.165) is 43.6 Å². The highest BCUT2D eigenvalue weighted by Gasteiger charge is 2.26. The van der Waals surface area contributed by atoms with Crippen molar-refractivity contribution in [2.75, 3.05) is 18.8 Å². The Balaban J connectivity index is 1.34. The van der Waals surface area contributed by atoms with Crippen LogP contribution in [0.4, 0.5) is 5.82 Å². The molecule has 1 fully saturated rings. The van der Waals surface area contributed by atoms with Crippen LogP contribution in [-0.4, -0.2) is 49.5 Å². The number of pyridine rings is 1. The molecule has 0 saturated carbocycles. The molecule has 32 heavy (non-hydrogen) atoms. The van der Waals surface area contributed by atoms with Crippen molar-refractivity contribution in [3.63, 3.8) is 0 Å². The molecular formula is C24H27N5O3. The summed E-state index contributed by atoms with van der Waals surface area (Å²) in [5.41, 5.74) is 7.67. The fourth-order valence-electron chi connectivity index (χ4n) is 4.15. The molecule has 3 heterocycles. The maximum Gasteiger partial charge on any atom is 0.312 e. The number of nitrogen functional groups attached to an aromatic ring is 1. The molecule has 1 aromatic carbocycles. The first-order valence-corrected chi connectivity index (χ1v) is 10.8. The summed E-state index contributed by atoms with van der Waals surface area (Å²) in [6.07, 6.45) is 7.25. The van der Waals surface area contributed by atoms with Crippen molar-refractivity contribution in [1.82, 2.24) is 19.4 Å². The van der Waals surface area contributed by atoms with Crippen LogP contribution in [0.15, 0.2) is 61.2 Å². The number of piperidine rings is 1. The van der Waals surface area contributed by atoms with Gasteiger partial charge < -0.3 is 20.3 Å². The number of carbonyl (C=O) groups is 2. The van der Waals surface area contributed by atoms with Crippen molar-refractivity contribution in [3.8, 4) is 0 Å².